The second kappa shape index (κ2) is 6.65. The van der Waals surface area contributed by atoms with Gasteiger partial charge in [0.25, 0.3) is 0 Å². The Morgan fingerprint density at radius 2 is 1.95 bits per heavy atom. The molecule has 1 atom stereocenters. The van der Waals surface area contributed by atoms with Crippen molar-refractivity contribution < 1.29 is 23.1 Å². The minimum atomic E-state index is -3.68. The molecule has 0 aliphatic carbocycles. The molecule has 1 rings (SSSR count). The third-order valence-corrected chi connectivity index (χ3v) is 4.01. The molecule has 0 aliphatic rings. The molecule has 7 heteroatoms. The Balaban J connectivity index is 2.82. The van der Waals surface area contributed by atoms with Crippen LogP contribution in [0, 0.1) is 0 Å². The molecule has 0 bridgehead atoms. The molecule has 19 heavy (non-hydrogen) atoms. The van der Waals surface area contributed by atoms with E-state index in [-0.39, 0.29) is 17.0 Å². The van der Waals surface area contributed by atoms with Crippen molar-refractivity contribution in [1.82, 2.24) is 4.72 Å². The molecule has 6 nitrogen and oxygen atoms in total. The molecule has 0 spiro atoms. The monoisotopic (exact) mass is 287 g/mol. The molecule has 0 heterocycles. The van der Waals surface area contributed by atoms with Crippen LogP contribution in [0.3, 0.4) is 0 Å². The fraction of sp³-hybridized carbons (Fsp3) is 0.417. The summed E-state index contributed by atoms with van der Waals surface area (Å²) in [4.78, 5) is 11.2. The lowest BCUT2D eigenvalue weighted by Crippen LogP contribution is -2.31. The summed E-state index contributed by atoms with van der Waals surface area (Å²) in [7, 11) is -2.43. The second-order valence-corrected chi connectivity index (χ2v) is 5.70. The van der Waals surface area contributed by atoms with Crippen LogP contribution in [0.2, 0.25) is 0 Å². The lowest BCUT2D eigenvalue weighted by Gasteiger charge is -2.10. The van der Waals surface area contributed by atoms with Gasteiger partial charge in [-0.2, -0.15) is 0 Å². The minimum absolute atomic E-state index is 0.0310. The molecule has 2 N–H and O–H groups in total. The summed E-state index contributed by atoms with van der Waals surface area (Å²) in [6, 6.07) is 5.37. The summed E-state index contributed by atoms with van der Waals surface area (Å²) in [6.45, 7) is 1.71. The number of esters is 1. The standard InChI is InChI=1S/C12H17NO5S/c1-3-10(14)8-13-19(16,17)11-6-4-9(5-7-11)12(15)18-2/h4-7,10,13-14H,3,8H2,1-2H3. The smallest absolute Gasteiger partial charge is 0.337 e. The van der Waals surface area contributed by atoms with Gasteiger partial charge in [-0.05, 0) is 30.7 Å². The molecule has 0 radical (unpaired) electrons. The Morgan fingerprint density at radius 3 is 2.42 bits per heavy atom. The van der Waals surface area contributed by atoms with Gasteiger partial charge < -0.3 is 9.84 Å². The zero-order valence-corrected chi connectivity index (χ0v) is 11.6. The lowest BCUT2D eigenvalue weighted by molar-refractivity contribution is 0.0600. The van der Waals surface area contributed by atoms with Gasteiger partial charge in [0.15, 0.2) is 0 Å². The molecule has 1 unspecified atom stereocenters. The Hall–Kier alpha value is -1.44. The summed E-state index contributed by atoms with van der Waals surface area (Å²) in [5.74, 6) is -0.529. The fourth-order valence-corrected chi connectivity index (χ4v) is 2.39. The predicted molar refractivity (Wildman–Crippen MR) is 69.3 cm³/mol. The van der Waals surface area contributed by atoms with E-state index in [0.29, 0.717) is 6.42 Å². The normalized spacial score (nSPS) is 13.0. The number of hydrogen-bond acceptors (Lipinski definition) is 5. The first-order chi connectivity index (χ1) is 8.90. The lowest BCUT2D eigenvalue weighted by atomic mass is 10.2. The van der Waals surface area contributed by atoms with Crippen molar-refractivity contribution in [1.29, 1.82) is 0 Å². The van der Waals surface area contributed by atoms with Crippen molar-refractivity contribution in [3.63, 3.8) is 0 Å². The van der Waals surface area contributed by atoms with Crippen molar-refractivity contribution in [3.05, 3.63) is 29.8 Å². The molecule has 0 saturated carbocycles. The highest BCUT2D eigenvalue weighted by atomic mass is 32.2. The summed E-state index contributed by atoms with van der Waals surface area (Å²) >= 11 is 0. The molecular weight excluding hydrogens is 270 g/mol. The SMILES string of the molecule is CCC(O)CNS(=O)(=O)c1ccc(C(=O)OC)cc1. The average molecular weight is 287 g/mol. The topological polar surface area (TPSA) is 92.7 Å². The van der Waals surface area contributed by atoms with Crippen molar-refractivity contribution >= 4 is 16.0 Å². The molecule has 0 aromatic heterocycles. The number of nitrogens with one attached hydrogen (secondary N) is 1. The zero-order chi connectivity index (χ0) is 14.5. The summed E-state index contributed by atoms with van der Waals surface area (Å²) in [5, 5.41) is 9.33. The first kappa shape index (κ1) is 15.6. The fourth-order valence-electron chi connectivity index (χ4n) is 1.32. The number of carbonyl (C=O) groups is 1. The van der Waals surface area contributed by atoms with Crippen LogP contribution in [0.15, 0.2) is 29.2 Å². The van der Waals surface area contributed by atoms with E-state index in [2.05, 4.69) is 9.46 Å². The van der Waals surface area contributed by atoms with Gasteiger partial charge in [0.1, 0.15) is 0 Å². The predicted octanol–water partition coefficient (Wildman–Crippen LogP) is 0.522. The Morgan fingerprint density at radius 1 is 1.37 bits per heavy atom. The number of aliphatic hydroxyl groups is 1. The molecular formula is C12H17NO5S. The quantitative estimate of drug-likeness (QED) is 0.744. The van der Waals surface area contributed by atoms with Gasteiger partial charge in [0.05, 0.1) is 23.7 Å². The molecule has 106 valence electrons. The maximum absolute atomic E-state index is 11.9. The third-order valence-electron chi connectivity index (χ3n) is 2.57. The summed E-state index contributed by atoms with van der Waals surface area (Å²) < 4.78 is 30.5. The highest BCUT2D eigenvalue weighted by Crippen LogP contribution is 2.11. The Kier molecular flexibility index (Phi) is 5.46. The molecule has 1 aromatic rings. The van der Waals surface area contributed by atoms with Gasteiger partial charge in [-0.1, -0.05) is 6.92 Å². The van der Waals surface area contributed by atoms with E-state index in [1.807, 2.05) is 0 Å². The maximum Gasteiger partial charge on any atom is 0.337 e. The van der Waals surface area contributed by atoms with Crippen LogP contribution >= 0.6 is 0 Å². The van der Waals surface area contributed by atoms with Crippen LogP contribution in [0.4, 0.5) is 0 Å². The van der Waals surface area contributed by atoms with Gasteiger partial charge in [0.2, 0.25) is 10.0 Å². The number of hydrogen-bond donors (Lipinski definition) is 2. The number of ether oxygens (including phenoxy) is 1. The van der Waals surface area contributed by atoms with Crippen LogP contribution < -0.4 is 4.72 Å². The van der Waals surface area contributed by atoms with Crippen molar-refractivity contribution in [2.45, 2.75) is 24.3 Å². The summed E-state index contributed by atoms with van der Waals surface area (Å²) in [5.41, 5.74) is 0.273. The number of carbonyl (C=O) groups excluding carboxylic acids is 1. The summed E-state index contributed by atoms with van der Waals surface area (Å²) in [6.07, 6.45) is -0.256. The van der Waals surface area contributed by atoms with E-state index < -0.39 is 22.1 Å². The number of methoxy groups -OCH3 is 1. The third kappa shape index (κ3) is 4.30. The molecule has 0 amide bonds. The number of sulfonamides is 1. The second-order valence-electron chi connectivity index (χ2n) is 3.93. The van der Waals surface area contributed by atoms with Crippen LogP contribution in [-0.2, 0) is 14.8 Å². The van der Waals surface area contributed by atoms with Crippen LogP contribution in [0.1, 0.15) is 23.7 Å². The van der Waals surface area contributed by atoms with Crippen LogP contribution in [0.25, 0.3) is 0 Å². The average Bonchev–Trinajstić information content (AvgIpc) is 2.44. The Bertz CT molecular complexity index is 524. The first-order valence-electron chi connectivity index (χ1n) is 5.76. The van der Waals surface area contributed by atoms with Gasteiger partial charge in [-0.25, -0.2) is 17.9 Å². The van der Waals surface area contributed by atoms with E-state index in [1.54, 1.807) is 6.92 Å². The van der Waals surface area contributed by atoms with E-state index in [1.165, 1.54) is 31.4 Å². The van der Waals surface area contributed by atoms with Gasteiger partial charge in [-0.15, -0.1) is 0 Å². The minimum Gasteiger partial charge on any atom is -0.465 e. The van der Waals surface area contributed by atoms with E-state index in [9.17, 15) is 18.3 Å². The van der Waals surface area contributed by atoms with Gasteiger partial charge in [-0.3, -0.25) is 0 Å². The van der Waals surface area contributed by atoms with Crippen molar-refractivity contribution in [2.24, 2.45) is 0 Å². The molecule has 0 fully saturated rings. The van der Waals surface area contributed by atoms with E-state index in [0.717, 1.165) is 0 Å². The zero-order valence-electron chi connectivity index (χ0n) is 10.8. The maximum atomic E-state index is 11.9. The van der Waals surface area contributed by atoms with E-state index >= 15 is 0 Å². The highest BCUT2D eigenvalue weighted by molar-refractivity contribution is 7.89. The number of aliphatic hydroxyl groups excluding tert-OH is 1. The largest absolute Gasteiger partial charge is 0.465 e. The van der Waals surface area contributed by atoms with E-state index in [4.69, 9.17) is 0 Å². The molecule has 0 saturated heterocycles. The highest BCUT2D eigenvalue weighted by Gasteiger charge is 2.16. The van der Waals surface area contributed by atoms with Crippen molar-refractivity contribution in [2.75, 3.05) is 13.7 Å². The van der Waals surface area contributed by atoms with Crippen molar-refractivity contribution in [3.8, 4) is 0 Å². The first-order valence-corrected chi connectivity index (χ1v) is 7.25. The van der Waals surface area contributed by atoms with Gasteiger partial charge >= 0.3 is 5.97 Å². The van der Waals surface area contributed by atoms with Gasteiger partial charge in [0, 0.05) is 6.54 Å². The van der Waals surface area contributed by atoms with Crippen LogP contribution in [-0.4, -0.2) is 39.3 Å². The number of rotatable bonds is 6. The molecule has 0 aliphatic heterocycles. The molecule has 1 aromatic carbocycles. The Labute approximate surface area is 112 Å². The van der Waals surface area contributed by atoms with Crippen LogP contribution in [0.5, 0.6) is 0 Å². The number of benzene rings is 1.